The summed E-state index contributed by atoms with van der Waals surface area (Å²) in [6.07, 6.45) is 8.18. The van der Waals surface area contributed by atoms with Gasteiger partial charge in [0.25, 0.3) is 0 Å². The van der Waals surface area contributed by atoms with Gasteiger partial charge in [-0.15, -0.1) is 0 Å². The molecule has 0 aromatic rings. The number of nitriles is 1. The first-order chi connectivity index (χ1) is 7.81. The van der Waals surface area contributed by atoms with Crippen molar-refractivity contribution in [2.24, 2.45) is 16.2 Å². The van der Waals surface area contributed by atoms with Crippen LogP contribution in [0.4, 0.5) is 0 Å². The van der Waals surface area contributed by atoms with Crippen molar-refractivity contribution in [3.05, 3.63) is 12.2 Å². The third-order valence-corrected chi connectivity index (χ3v) is 4.39. The van der Waals surface area contributed by atoms with Crippen molar-refractivity contribution < 1.29 is 4.79 Å². The molecule has 3 aliphatic rings. The van der Waals surface area contributed by atoms with Crippen molar-refractivity contribution in [3.63, 3.8) is 0 Å². The predicted molar refractivity (Wildman–Crippen MR) is 67.2 cm³/mol. The Hall–Kier alpha value is -1.10. The monoisotopic (exact) mass is 231 g/mol. The van der Waals surface area contributed by atoms with Crippen LogP contribution < -0.4 is 0 Å². The fourth-order valence-corrected chi connectivity index (χ4v) is 3.72. The van der Waals surface area contributed by atoms with E-state index in [0.717, 1.165) is 25.7 Å². The third-order valence-electron chi connectivity index (χ3n) is 4.39. The van der Waals surface area contributed by atoms with Crippen molar-refractivity contribution in [1.82, 2.24) is 0 Å². The highest BCUT2D eigenvalue weighted by atomic mass is 16.1. The Morgan fingerprint density at radius 1 is 1.41 bits per heavy atom. The average molecular weight is 231 g/mol. The van der Waals surface area contributed by atoms with E-state index in [-0.39, 0.29) is 10.8 Å². The maximum Gasteiger partial charge on any atom is 0.139 e. The number of allylic oxidation sites excluding steroid dienone is 2. The molecule has 2 heteroatoms. The largest absolute Gasteiger partial charge is 0.299 e. The van der Waals surface area contributed by atoms with E-state index >= 15 is 0 Å². The summed E-state index contributed by atoms with van der Waals surface area (Å²) in [5, 5.41) is 8.45. The van der Waals surface area contributed by atoms with Crippen LogP contribution in [0.1, 0.15) is 52.9 Å². The van der Waals surface area contributed by atoms with Crippen LogP contribution in [0.2, 0.25) is 0 Å². The summed E-state index contributed by atoms with van der Waals surface area (Å²) in [6, 6.07) is 1.99. The van der Waals surface area contributed by atoms with E-state index in [0.29, 0.717) is 17.6 Å². The van der Waals surface area contributed by atoms with E-state index in [1.807, 2.05) is 12.1 Å². The normalized spacial score (nSPS) is 34.9. The molecule has 3 rings (SSSR count). The Labute approximate surface area is 104 Å². The average Bonchev–Trinajstić information content (AvgIpc) is 2.10. The fraction of sp³-hybridized carbons (Fsp3) is 0.733. The van der Waals surface area contributed by atoms with E-state index in [9.17, 15) is 4.79 Å². The topological polar surface area (TPSA) is 40.9 Å². The minimum Gasteiger partial charge on any atom is -0.299 e. The number of rotatable bonds is 5. The van der Waals surface area contributed by atoms with Gasteiger partial charge in [-0.2, -0.15) is 5.26 Å². The second kappa shape index (κ2) is 3.70. The van der Waals surface area contributed by atoms with E-state index in [1.54, 1.807) is 0 Å². The van der Waals surface area contributed by atoms with Gasteiger partial charge < -0.3 is 0 Å². The minimum absolute atomic E-state index is 0.0131. The summed E-state index contributed by atoms with van der Waals surface area (Å²) in [5.41, 5.74) is 0.548. The van der Waals surface area contributed by atoms with Gasteiger partial charge in [0.05, 0.1) is 6.07 Å². The summed E-state index contributed by atoms with van der Waals surface area (Å²) in [7, 11) is 0. The molecule has 17 heavy (non-hydrogen) atoms. The van der Waals surface area contributed by atoms with Crippen LogP contribution in [0.25, 0.3) is 0 Å². The van der Waals surface area contributed by atoms with Gasteiger partial charge >= 0.3 is 0 Å². The number of Topliss-reactive ketones (excluding diaryl/α,β-unsaturated/α-hetero) is 1. The molecular formula is C15H21NO. The molecule has 0 aromatic heterocycles. The number of hydrogen-bond acceptors (Lipinski definition) is 2. The third kappa shape index (κ3) is 2.16. The molecule has 92 valence electrons. The lowest BCUT2D eigenvalue weighted by Gasteiger charge is -2.69. The second-order valence-corrected chi connectivity index (χ2v) is 7.12. The molecule has 2 nitrogen and oxygen atoms in total. The number of carbonyl (C=O) groups excluding carboxylic acids is 1. The maximum absolute atomic E-state index is 12.3. The lowest BCUT2D eigenvalue weighted by atomic mass is 9.34. The summed E-state index contributed by atoms with van der Waals surface area (Å²) in [5.74, 6) is 0.455. The molecule has 2 bridgehead atoms. The van der Waals surface area contributed by atoms with Crippen molar-refractivity contribution in [3.8, 4) is 6.07 Å². The zero-order chi connectivity index (χ0) is 12.7. The molecule has 0 amide bonds. The van der Waals surface area contributed by atoms with Gasteiger partial charge in [0.1, 0.15) is 5.78 Å². The molecule has 0 N–H and O–H groups in total. The van der Waals surface area contributed by atoms with Crippen LogP contribution in [0, 0.1) is 27.6 Å². The highest BCUT2D eigenvalue weighted by molar-refractivity contribution is 5.88. The zero-order valence-corrected chi connectivity index (χ0v) is 11.0. The number of ketones is 1. The molecule has 3 aliphatic carbocycles. The van der Waals surface area contributed by atoms with Crippen molar-refractivity contribution in [2.45, 2.75) is 52.9 Å². The van der Waals surface area contributed by atoms with Gasteiger partial charge in [-0.1, -0.05) is 26.8 Å². The molecule has 0 heterocycles. The van der Waals surface area contributed by atoms with Crippen LogP contribution in [0.5, 0.6) is 0 Å². The van der Waals surface area contributed by atoms with Crippen LogP contribution >= 0.6 is 0 Å². The summed E-state index contributed by atoms with van der Waals surface area (Å²) >= 11 is 0. The van der Waals surface area contributed by atoms with Crippen molar-refractivity contribution in [1.29, 1.82) is 5.26 Å². The minimum atomic E-state index is -0.0131. The Morgan fingerprint density at radius 3 is 2.47 bits per heavy atom. The Kier molecular flexibility index (Phi) is 2.69. The van der Waals surface area contributed by atoms with Gasteiger partial charge in [0.2, 0.25) is 0 Å². The van der Waals surface area contributed by atoms with E-state index in [1.165, 1.54) is 6.08 Å². The Morgan fingerprint density at radius 2 is 2.00 bits per heavy atom. The quantitative estimate of drug-likeness (QED) is 0.678. The molecule has 0 radical (unpaired) electrons. The molecule has 0 spiro atoms. The standard InChI is InChI=1S/C15H21NO/c1-13(2,6-4-5-7-16)8-12(17)15-9-14(3,10-15)11-15/h4-5H,6,8-11H2,1-3H3/b5-4-. The van der Waals surface area contributed by atoms with Gasteiger partial charge in [-0.05, 0) is 36.5 Å². The molecular weight excluding hydrogens is 210 g/mol. The lowest BCUT2D eigenvalue weighted by molar-refractivity contribution is -0.199. The van der Waals surface area contributed by atoms with Crippen LogP contribution in [0.15, 0.2) is 12.2 Å². The first-order valence-electron chi connectivity index (χ1n) is 6.39. The van der Waals surface area contributed by atoms with Crippen LogP contribution in [-0.2, 0) is 4.79 Å². The molecule has 0 aliphatic heterocycles. The number of carbonyl (C=O) groups is 1. The lowest BCUT2D eigenvalue weighted by Crippen LogP contribution is -2.64. The van der Waals surface area contributed by atoms with Gasteiger partial charge in [0.15, 0.2) is 0 Å². The molecule has 0 atom stereocenters. The second-order valence-electron chi connectivity index (χ2n) is 7.12. The molecule has 3 saturated carbocycles. The van der Waals surface area contributed by atoms with Crippen molar-refractivity contribution >= 4 is 5.78 Å². The van der Waals surface area contributed by atoms with Gasteiger partial charge in [0, 0.05) is 17.9 Å². The van der Waals surface area contributed by atoms with Crippen LogP contribution in [0.3, 0.4) is 0 Å². The molecule has 0 saturated heterocycles. The predicted octanol–water partition coefficient (Wildman–Crippen LogP) is 3.63. The van der Waals surface area contributed by atoms with Gasteiger partial charge in [-0.3, -0.25) is 4.79 Å². The highest BCUT2D eigenvalue weighted by Crippen LogP contribution is 2.73. The fourth-order valence-electron chi connectivity index (χ4n) is 3.72. The molecule has 0 unspecified atom stereocenters. The summed E-state index contributed by atoms with van der Waals surface area (Å²) < 4.78 is 0. The summed E-state index contributed by atoms with van der Waals surface area (Å²) in [6.45, 7) is 6.50. The Balaban J connectivity index is 1.86. The van der Waals surface area contributed by atoms with E-state index in [4.69, 9.17) is 5.26 Å². The first kappa shape index (κ1) is 12.4. The Bertz CT molecular complexity index is 391. The van der Waals surface area contributed by atoms with E-state index < -0.39 is 0 Å². The number of hydrogen-bond donors (Lipinski definition) is 0. The van der Waals surface area contributed by atoms with Crippen molar-refractivity contribution in [2.75, 3.05) is 0 Å². The SMILES string of the molecule is CC(C)(C/C=C\C#N)CC(=O)C12CC(C)(C1)C2. The highest BCUT2D eigenvalue weighted by Gasteiger charge is 2.68. The van der Waals surface area contributed by atoms with Crippen LogP contribution in [-0.4, -0.2) is 5.78 Å². The first-order valence-corrected chi connectivity index (χ1v) is 6.39. The molecule has 3 fully saturated rings. The molecule has 0 aromatic carbocycles. The zero-order valence-electron chi connectivity index (χ0n) is 11.0. The summed E-state index contributed by atoms with van der Waals surface area (Å²) in [4.78, 5) is 12.3. The maximum atomic E-state index is 12.3. The van der Waals surface area contributed by atoms with Gasteiger partial charge in [-0.25, -0.2) is 0 Å². The van der Waals surface area contributed by atoms with E-state index in [2.05, 4.69) is 20.8 Å². The smallest absolute Gasteiger partial charge is 0.139 e. The number of nitrogens with zero attached hydrogens (tertiary/aromatic N) is 1.